The maximum atomic E-state index is 9.97. The predicted octanol–water partition coefficient (Wildman–Crippen LogP) is 1.24. The Bertz CT molecular complexity index is 273. The number of nitrogens with one attached hydrogen (secondary N) is 1. The average molecular weight is 178 g/mol. The van der Waals surface area contributed by atoms with E-state index in [0.717, 1.165) is 11.3 Å². The molecule has 1 rings (SSSR count). The van der Waals surface area contributed by atoms with Crippen LogP contribution in [-0.2, 0) is 11.3 Å². The molecule has 69 valence electrons. The van der Waals surface area contributed by atoms with Crippen LogP contribution in [0.1, 0.15) is 12.5 Å². The summed E-state index contributed by atoms with van der Waals surface area (Å²) in [6, 6.07) is 7.60. The summed E-state index contributed by atoms with van der Waals surface area (Å²) < 4.78 is 5.36. The van der Waals surface area contributed by atoms with E-state index in [2.05, 4.69) is 5.32 Å². The van der Waals surface area contributed by atoms with Crippen LogP contribution in [-0.4, -0.2) is 13.0 Å². The summed E-state index contributed by atoms with van der Waals surface area (Å²) in [5, 5.41) is 2.48. The van der Waals surface area contributed by atoms with Gasteiger partial charge >= 0.3 is 6.41 Å². The highest BCUT2D eigenvalue weighted by Gasteiger charge is 2.00. The SMILES string of the molecule is CCOc1ccccc1CN[C]=O. The number of hydrogen-bond donors (Lipinski definition) is 1. The molecule has 13 heavy (non-hydrogen) atoms. The van der Waals surface area contributed by atoms with Crippen molar-refractivity contribution in [3.05, 3.63) is 29.8 Å². The van der Waals surface area contributed by atoms with E-state index in [1.54, 1.807) is 6.41 Å². The molecular formula is C10H12NO2. The van der Waals surface area contributed by atoms with Crippen LogP contribution in [0, 0.1) is 0 Å². The van der Waals surface area contributed by atoms with Crippen LogP contribution in [0.2, 0.25) is 0 Å². The Balaban J connectivity index is 2.71. The lowest BCUT2D eigenvalue weighted by Gasteiger charge is -2.08. The molecule has 1 N–H and O–H groups in total. The lowest BCUT2D eigenvalue weighted by molar-refractivity contribution is 0.336. The van der Waals surface area contributed by atoms with Crippen molar-refractivity contribution in [3.63, 3.8) is 0 Å². The van der Waals surface area contributed by atoms with Crippen molar-refractivity contribution < 1.29 is 9.53 Å². The Morgan fingerprint density at radius 1 is 1.46 bits per heavy atom. The molecule has 0 atom stereocenters. The molecule has 1 amide bonds. The maximum absolute atomic E-state index is 9.97. The smallest absolute Gasteiger partial charge is 0.309 e. The van der Waals surface area contributed by atoms with Gasteiger partial charge in [-0.05, 0) is 13.0 Å². The van der Waals surface area contributed by atoms with Gasteiger partial charge in [-0.25, -0.2) is 0 Å². The molecular weight excluding hydrogens is 166 g/mol. The molecule has 0 saturated carbocycles. The van der Waals surface area contributed by atoms with Crippen molar-refractivity contribution in [2.75, 3.05) is 6.61 Å². The van der Waals surface area contributed by atoms with Gasteiger partial charge in [0, 0.05) is 12.1 Å². The molecule has 0 saturated heterocycles. The largest absolute Gasteiger partial charge is 0.494 e. The topological polar surface area (TPSA) is 38.3 Å². The second-order valence-corrected chi connectivity index (χ2v) is 2.50. The van der Waals surface area contributed by atoms with Crippen LogP contribution in [0.3, 0.4) is 0 Å². The monoisotopic (exact) mass is 178 g/mol. The zero-order valence-electron chi connectivity index (χ0n) is 7.54. The fraction of sp³-hybridized carbons (Fsp3) is 0.300. The van der Waals surface area contributed by atoms with Crippen LogP contribution in [0.25, 0.3) is 0 Å². The summed E-state index contributed by atoms with van der Waals surface area (Å²) in [6.45, 7) is 3.01. The van der Waals surface area contributed by atoms with Gasteiger partial charge in [-0.2, -0.15) is 0 Å². The Labute approximate surface area is 77.7 Å². The van der Waals surface area contributed by atoms with E-state index in [9.17, 15) is 4.79 Å². The molecule has 0 unspecified atom stereocenters. The molecule has 1 aromatic carbocycles. The third kappa shape index (κ3) is 2.78. The number of ether oxygens (including phenoxy) is 1. The Hall–Kier alpha value is -1.51. The molecule has 0 heterocycles. The predicted molar refractivity (Wildman–Crippen MR) is 50.1 cm³/mol. The van der Waals surface area contributed by atoms with E-state index in [4.69, 9.17) is 4.74 Å². The van der Waals surface area contributed by atoms with Gasteiger partial charge in [0.2, 0.25) is 0 Å². The molecule has 0 fully saturated rings. The Kier molecular flexibility index (Phi) is 3.82. The number of hydrogen-bond acceptors (Lipinski definition) is 2. The molecule has 3 nitrogen and oxygen atoms in total. The Morgan fingerprint density at radius 3 is 2.92 bits per heavy atom. The minimum Gasteiger partial charge on any atom is -0.494 e. The van der Waals surface area contributed by atoms with E-state index in [1.807, 2.05) is 31.2 Å². The van der Waals surface area contributed by atoms with Crippen molar-refractivity contribution in [1.82, 2.24) is 5.32 Å². The van der Waals surface area contributed by atoms with Gasteiger partial charge in [-0.3, -0.25) is 4.79 Å². The molecule has 0 bridgehead atoms. The first-order chi connectivity index (χ1) is 6.38. The van der Waals surface area contributed by atoms with E-state index in [0.29, 0.717) is 13.2 Å². The lowest BCUT2D eigenvalue weighted by atomic mass is 10.2. The van der Waals surface area contributed by atoms with Crippen LogP contribution < -0.4 is 10.1 Å². The maximum Gasteiger partial charge on any atom is 0.309 e. The molecule has 1 aromatic rings. The van der Waals surface area contributed by atoms with E-state index >= 15 is 0 Å². The summed E-state index contributed by atoms with van der Waals surface area (Å²) in [7, 11) is 0. The summed E-state index contributed by atoms with van der Waals surface area (Å²) in [5.41, 5.74) is 0.965. The van der Waals surface area contributed by atoms with Crippen molar-refractivity contribution in [2.24, 2.45) is 0 Å². The minimum atomic E-state index is 0.458. The third-order valence-corrected chi connectivity index (χ3v) is 1.62. The van der Waals surface area contributed by atoms with Crippen molar-refractivity contribution >= 4 is 6.41 Å². The first-order valence-corrected chi connectivity index (χ1v) is 4.19. The number of amides is 1. The first kappa shape index (κ1) is 9.58. The van der Waals surface area contributed by atoms with Gasteiger partial charge in [-0.1, -0.05) is 18.2 Å². The molecule has 0 aliphatic rings. The van der Waals surface area contributed by atoms with Gasteiger partial charge in [0.1, 0.15) is 5.75 Å². The second-order valence-electron chi connectivity index (χ2n) is 2.50. The Morgan fingerprint density at radius 2 is 2.23 bits per heavy atom. The first-order valence-electron chi connectivity index (χ1n) is 4.19. The summed E-state index contributed by atoms with van der Waals surface area (Å²) >= 11 is 0. The summed E-state index contributed by atoms with van der Waals surface area (Å²) in [5.74, 6) is 0.813. The van der Waals surface area contributed by atoms with Crippen LogP contribution in [0.4, 0.5) is 0 Å². The number of carbonyl (C=O) groups excluding carboxylic acids is 1. The highest BCUT2D eigenvalue weighted by Crippen LogP contribution is 2.17. The summed E-state index contributed by atoms with van der Waals surface area (Å²) in [4.78, 5) is 9.97. The molecule has 0 spiro atoms. The molecule has 0 aliphatic heterocycles. The number of para-hydroxylation sites is 1. The average Bonchev–Trinajstić information content (AvgIpc) is 2.17. The molecule has 0 aromatic heterocycles. The van der Waals surface area contributed by atoms with E-state index in [-0.39, 0.29) is 0 Å². The zero-order valence-corrected chi connectivity index (χ0v) is 7.54. The number of rotatable bonds is 5. The third-order valence-electron chi connectivity index (χ3n) is 1.62. The number of benzene rings is 1. The van der Waals surface area contributed by atoms with Crippen molar-refractivity contribution in [1.29, 1.82) is 0 Å². The zero-order chi connectivity index (χ0) is 9.52. The normalized spacial score (nSPS) is 9.31. The van der Waals surface area contributed by atoms with Crippen molar-refractivity contribution in [3.8, 4) is 5.75 Å². The van der Waals surface area contributed by atoms with E-state index in [1.165, 1.54) is 0 Å². The summed E-state index contributed by atoms with van der Waals surface area (Å²) in [6.07, 6.45) is 1.63. The van der Waals surface area contributed by atoms with Crippen LogP contribution >= 0.6 is 0 Å². The second kappa shape index (κ2) is 5.19. The van der Waals surface area contributed by atoms with Gasteiger partial charge in [0.05, 0.1) is 6.61 Å². The minimum absolute atomic E-state index is 0.458. The van der Waals surface area contributed by atoms with Crippen molar-refractivity contribution in [2.45, 2.75) is 13.5 Å². The molecule has 0 aliphatic carbocycles. The highest BCUT2D eigenvalue weighted by molar-refractivity contribution is 5.48. The molecule has 3 heteroatoms. The van der Waals surface area contributed by atoms with Gasteiger partial charge < -0.3 is 10.1 Å². The fourth-order valence-electron chi connectivity index (χ4n) is 1.08. The van der Waals surface area contributed by atoms with Gasteiger partial charge in [-0.15, -0.1) is 0 Å². The van der Waals surface area contributed by atoms with E-state index < -0.39 is 0 Å². The lowest BCUT2D eigenvalue weighted by Crippen LogP contribution is -2.10. The van der Waals surface area contributed by atoms with Gasteiger partial charge in [0.15, 0.2) is 0 Å². The van der Waals surface area contributed by atoms with Crippen LogP contribution in [0.5, 0.6) is 5.75 Å². The molecule has 1 radical (unpaired) electrons. The highest BCUT2D eigenvalue weighted by atomic mass is 16.5. The quantitative estimate of drug-likeness (QED) is 0.689. The standard InChI is InChI=1S/C10H12NO2/c1-2-13-10-6-4-3-5-9(10)7-11-8-12/h3-6H,2,7H2,1H3,(H,11,12). The van der Waals surface area contributed by atoms with Gasteiger partial charge in [0.25, 0.3) is 0 Å². The van der Waals surface area contributed by atoms with Crippen LogP contribution in [0.15, 0.2) is 24.3 Å². The fourth-order valence-corrected chi connectivity index (χ4v) is 1.08.